The first kappa shape index (κ1) is 18.7. The molecule has 1 aliphatic carbocycles. The van der Waals surface area contributed by atoms with E-state index < -0.39 is 0 Å². The van der Waals surface area contributed by atoms with Gasteiger partial charge in [0.1, 0.15) is 0 Å². The van der Waals surface area contributed by atoms with Gasteiger partial charge in [-0.15, -0.1) is 0 Å². The number of morpholine rings is 1. The van der Waals surface area contributed by atoms with E-state index in [4.69, 9.17) is 9.47 Å². The van der Waals surface area contributed by atoms with E-state index in [1.807, 2.05) is 4.90 Å². The highest BCUT2D eigenvalue weighted by Gasteiger charge is 2.47. The summed E-state index contributed by atoms with van der Waals surface area (Å²) in [7, 11) is 0. The smallest absolute Gasteiger partial charge is 0.318 e. The monoisotopic (exact) mass is 373 g/mol. The molecule has 3 fully saturated rings. The number of hydrogen-bond acceptors (Lipinski definition) is 4. The van der Waals surface area contributed by atoms with E-state index >= 15 is 0 Å². The van der Waals surface area contributed by atoms with Crippen LogP contribution >= 0.6 is 0 Å². The standard InChI is InChI=1S/C21H31N3O3/c1-17-5-2-3-6-19(17)21(7-8-21)22-20(25)24-9-4-12-27-18(16-24)15-23-10-13-26-14-11-23/h2-3,5-6,18H,4,7-16H2,1H3,(H,22,25)/t18-/m0/s1. The van der Waals surface area contributed by atoms with Crippen LogP contribution in [0.25, 0.3) is 0 Å². The summed E-state index contributed by atoms with van der Waals surface area (Å²) in [5.74, 6) is 0. The van der Waals surface area contributed by atoms with E-state index in [0.717, 1.165) is 65.3 Å². The van der Waals surface area contributed by atoms with E-state index in [1.54, 1.807) is 0 Å². The Bertz CT molecular complexity index is 656. The van der Waals surface area contributed by atoms with Crippen LogP contribution in [0, 0.1) is 6.92 Å². The SMILES string of the molecule is Cc1ccccc1C1(NC(=O)N2CCCO[C@@H](CN3CCOCC3)C2)CC1. The first-order chi connectivity index (χ1) is 13.2. The number of nitrogens with one attached hydrogen (secondary N) is 1. The van der Waals surface area contributed by atoms with Gasteiger partial charge in [-0.05, 0) is 37.3 Å². The van der Waals surface area contributed by atoms with E-state index in [0.29, 0.717) is 6.54 Å². The van der Waals surface area contributed by atoms with Crippen molar-refractivity contribution in [1.29, 1.82) is 0 Å². The highest BCUT2D eigenvalue weighted by atomic mass is 16.5. The Labute approximate surface area is 161 Å². The minimum absolute atomic E-state index is 0.0493. The highest BCUT2D eigenvalue weighted by Crippen LogP contribution is 2.46. The first-order valence-corrected chi connectivity index (χ1v) is 10.2. The predicted molar refractivity (Wildman–Crippen MR) is 104 cm³/mol. The Balaban J connectivity index is 1.38. The fraction of sp³-hybridized carbons (Fsp3) is 0.667. The second-order valence-electron chi connectivity index (χ2n) is 8.03. The lowest BCUT2D eigenvalue weighted by molar-refractivity contribution is -0.0101. The number of benzene rings is 1. The van der Waals surface area contributed by atoms with Crippen molar-refractivity contribution in [3.8, 4) is 0 Å². The summed E-state index contributed by atoms with van der Waals surface area (Å²) < 4.78 is 11.5. The summed E-state index contributed by atoms with van der Waals surface area (Å²) in [6.45, 7) is 8.61. The summed E-state index contributed by atoms with van der Waals surface area (Å²) in [4.78, 5) is 17.4. The van der Waals surface area contributed by atoms with Gasteiger partial charge in [-0.3, -0.25) is 4.90 Å². The molecule has 2 heterocycles. The molecule has 1 aromatic carbocycles. The van der Waals surface area contributed by atoms with Crippen molar-refractivity contribution in [2.24, 2.45) is 0 Å². The molecule has 0 bridgehead atoms. The molecule has 2 aliphatic heterocycles. The average Bonchev–Trinajstić information content (AvgIpc) is 3.48. The summed E-state index contributed by atoms with van der Waals surface area (Å²) in [6, 6.07) is 8.44. The lowest BCUT2D eigenvalue weighted by Crippen LogP contribution is -2.50. The third kappa shape index (κ3) is 4.45. The van der Waals surface area contributed by atoms with Crippen molar-refractivity contribution in [3.63, 3.8) is 0 Å². The first-order valence-electron chi connectivity index (χ1n) is 10.2. The van der Waals surface area contributed by atoms with Crippen LogP contribution < -0.4 is 5.32 Å². The normalized spacial score (nSPS) is 25.7. The molecule has 4 rings (SSSR count). The Morgan fingerprint density at radius 3 is 2.70 bits per heavy atom. The summed E-state index contributed by atoms with van der Waals surface area (Å²) in [6.07, 6.45) is 3.01. The lowest BCUT2D eigenvalue weighted by atomic mass is 9.99. The van der Waals surface area contributed by atoms with Gasteiger partial charge in [-0.1, -0.05) is 24.3 Å². The van der Waals surface area contributed by atoms with Crippen LogP contribution in [0.4, 0.5) is 4.79 Å². The second-order valence-corrected chi connectivity index (χ2v) is 8.03. The minimum Gasteiger partial charge on any atom is -0.379 e. The molecule has 3 aliphatic rings. The van der Waals surface area contributed by atoms with Crippen molar-refractivity contribution in [1.82, 2.24) is 15.1 Å². The van der Waals surface area contributed by atoms with Gasteiger partial charge in [0, 0.05) is 39.3 Å². The van der Waals surface area contributed by atoms with E-state index in [1.165, 1.54) is 11.1 Å². The number of ether oxygens (including phenoxy) is 2. The second kappa shape index (κ2) is 8.17. The van der Waals surface area contributed by atoms with E-state index in [9.17, 15) is 4.79 Å². The Kier molecular flexibility index (Phi) is 5.66. The largest absolute Gasteiger partial charge is 0.379 e. The van der Waals surface area contributed by atoms with Crippen molar-refractivity contribution >= 4 is 6.03 Å². The molecule has 0 aromatic heterocycles. The van der Waals surface area contributed by atoms with Gasteiger partial charge in [0.2, 0.25) is 0 Å². The predicted octanol–water partition coefficient (Wildman–Crippen LogP) is 2.12. The molecule has 6 nitrogen and oxygen atoms in total. The van der Waals surface area contributed by atoms with Crippen molar-refractivity contribution in [2.75, 3.05) is 52.5 Å². The van der Waals surface area contributed by atoms with Gasteiger partial charge in [0.15, 0.2) is 0 Å². The number of carbonyl (C=O) groups excluding carboxylic acids is 1. The molecule has 1 N–H and O–H groups in total. The van der Waals surface area contributed by atoms with Crippen LogP contribution in [-0.2, 0) is 15.0 Å². The maximum absolute atomic E-state index is 13.1. The molecule has 27 heavy (non-hydrogen) atoms. The van der Waals surface area contributed by atoms with Gasteiger partial charge >= 0.3 is 6.03 Å². The molecule has 6 heteroatoms. The van der Waals surface area contributed by atoms with Gasteiger partial charge in [0.05, 0.1) is 24.9 Å². The van der Waals surface area contributed by atoms with Crippen LogP contribution in [-0.4, -0.2) is 74.5 Å². The molecule has 2 saturated heterocycles. The van der Waals surface area contributed by atoms with Gasteiger partial charge in [-0.2, -0.15) is 0 Å². The average molecular weight is 373 g/mol. The molecule has 148 valence electrons. The van der Waals surface area contributed by atoms with Crippen LogP contribution in [0.2, 0.25) is 0 Å². The maximum Gasteiger partial charge on any atom is 0.318 e. The van der Waals surface area contributed by atoms with Gasteiger partial charge < -0.3 is 19.7 Å². The van der Waals surface area contributed by atoms with Crippen molar-refractivity contribution in [3.05, 3.63) is 35.4 Å². The van der Waals surface area contributed by atoms with Crippen LogP contribution in [0.3, 0.4) is 0 Å². The molecular weight excluding hydrogens is 342 g/mol. The molecule has 0 radical (unpaired) electrons. The summed E-state index contributed by atoms with van der Waals surface area (Å²) in [5.41, 5.74) is 2.34. The zero-order chi connectivity index (χ0) is 18.7. The number of urea groups is 1. The quantitative estimate of drug-likeness (QED) is 0.878. The Morgan fingerprint density at radius 1 is 1.19 bits per heavy atom. The minimum atomic E-state index is -0.171. The van der Waals surface area contributed by atoms with Crippen molar-refractivity contribution in [2.45, 2.75) is 37.8 Å². The van der Waals surface area contributed by atoms with Crippen molar-refractivity contribution < 1.29 is 14.3 Å². The number of rotatable bonds is 4. The Morgan fingerprint density at radius 2 is 1.96 bits per heavy atom. The van der Waals surface area contributed by atoms with E-state index in [-0.39, 0.29) is 17.7 Å². The molecule has 0 spiro atoms. The third-order valence-corrected chi connectivity index (χ3v) is 5.96. The van der Waals surface area contributed by atoms with E-state index in [2.05, 4.69) is 41.4 Å². The summed E-state index contributed by atoms with van der Waals surface area (Å²) >= 11 is 0. The topological polar surface area (TPSA) is 54.0 Å². The maximum atomic E-state index is 13.1. The van der Waals surface area contributed by atoms with Gasteiger partial charge in [-0.25, -0.2) is 4.79 Å². The zero-order valence-electron chi connectivity index (χ0n) is 16.3. The van der Waals surface area contributed by atoms with Crippen LogP contribution in [0.1, 0.15) is 30.4 Å². The number of nitrogens with zero attached hydrogens (tertiary/aromatic N) is 2. The van der Waals surface area contributed by atoms with Crippen LogP contribution in [0.15, 0.2) is 24.3 Å². The van der Waals surface area contributed by atoms with Gasteiger partial charge in [0.25, 0.3) is 0 Å². The number of hydrogen-bond donors (Lipinski definition) is 1. The third-order valence-electron chi connectivity index (χ3n) is 5.96. The molecule has 1 atom stereocenters. The summed E-state index contributed by atoms with van der Waals surface area (Å²) in [5, 5.41) is 3.34. The van der Waals surface area contributed by atoms with Crippen LogP contribution in [0.5, 0.6) is 0 Å². The molecule has 1 aromatic rings. The zero-order valence-corrected chi connectivity index (χ0v) is 16.3. The number of aryl methyl sites for hydroxylation is 1. The molecule has 0 unspecified atom stereocenters. The fourth-order valence-corrected chi connectivity index (χ4v) is 4.24. The lowest BCUT2D eigenvalue weighted by Gasteiger charge is -2.32. The fourth-order valence-electron chi connectivity index (χ4n) is 4.24. The number of amides is 2. The molecule has 2 amide bonds. The molecule has 1 saturated carbocycles. The number of carbonyl (C=O) groups is 1. The highest BCUT2D eigenvalue weighted by molar-refractivity contribution is 5.76. The molecular formula is C21H31N3O3. The Hall–Kier alpha value is -1.63.